The van der Waals surface area contributed by atoms with Crippen molar-refractivity contribution < 1.29 is 19.5 Å². The van der Waals surface area contributed by atoms with Crippen LogP contribution in [0.3, 0.4) is 0 Å². The maximum atomic E-state index is 12.5. The third-order valence-corrected chi connectivity index (χ3v) is 4.94. The summed E-state index contributed by atoms with van der Waals surface area (Å²) in [6, 6.07) is 4.34. The summed E-state index contributed by atoms with van der Waals surface area (Å²) in [4.78, 5) is 39.1. The van der Waals surface area contributed by atoms with Gasteiger partial charge < -0.3 is 20.2 Å². The molecule has 0 spiro atoms. The lowest BCUT2D eigenvalue weighted by atomic mass is 9.99. The quantitative estimate of drug-likeness (QED) is 0.838. The second-order valence-corrected chi connectivity index (χ2v) is 7.17. The lowest BCUT2D eigenvalue weighted by Crippen LogP contribution is -2.44. The van der Waals surface area contributed by atoms with E-state index in [0.717, 1.165) is 0 Å². The van der Waals surface area contributed by atoms with Crippen LogP contribution in [0.1, 0.15) is 37.0 Å². The Morgan fingerprint density at radius 2 is 2.04 bits per heavy atom. The third-order valence-electron chi connectivity index (χ3n) is 4.61. The molecule has 0 aliphatic carbocycles. The number of anilines is 1. The Kier molecular flexibility index (Phi) is 6.47. The number of hydrogen-bond acceptors (Lipinski definition) is 3. The standard InChI is InChI=1S/C18H24ClN3O4/c1-11(2)21(3)16(23)12-6-7-14(19)15(9-12)20-18(26)22-8-4-5-13(10-22)17(24)25/h6-7,9,11,13H,4-5,8,10H2,1-3H3,(H,20,26)(H,24,25). The van der Waals surface area contributed by atoms with Crippen LogP contribution in [-0.4, -0.2) is 59.0 Å². The van der Waals surface area contributed by atoms with Gasteiger partial charge in [-0.15, -0.1) is 0 Å². The Morgan fingerprint density at radius 3 is 2.65 bits per heavy atom. The van der Waals surface area contributed by atoms with Crippen molar-refractivity contribution in [2.75, 3.05) is 25.5 Å². The number of aliphatic carboxylic acids is 1. The maximum Gasteiger partial charge on any atom is 0.321 e. The molecule has 142 valence electrons. The lowest BCUT2D eigenvalue weighted by Gasteiger charge is -2.30. The fraction of sp³-hybridized carbons (Fsp3) is 0.500. The Bertz CT molecular complexity index is 708. The molecule has 1 aromatic carbocycles. The number of piperidine rings is 1. The van der Waals surface area contributed by atoms with Crippen molar-refractivity contribution in [3.8, 4) is 0 Å². The average molecular weight is 382 g/mol. The predicted octanol–water partition coefficient (Wildman–Crippen LogP) is 3.15. The highest BCUT2D eigenvalue weighted by Crippen LogP contribution is 2.25. The number of nitrogens with one attached hydrogen (secondary N) is 1. The summed E-state index contributed by atoms with van der Waals surface area (Å²) >= 11 is 6.15. The van der Waals surface area contributed by atoms with Crippen LogP contribution in [0.4, 0.5) is 10.5 Å². The number of nitrogens with zero attached hydrogens (tertiary/aromatic N) is 2. The van der Waals surface area contributed by atoms with E-state index in [-0.39, 0.29) is 18.5 Å². The minimum absolute atomic E-state index is 0.0394. The topological polar surface area (TPSA) is 90.0 Å². The van der Waals surface area contributed by atoms with Crippen LogP contribution in [0.2, 0.25) is 5.02 Å². The minimum atomic E-state index is -0.898. The number of amides is 3. The fourth-order valence-electron chi connectivity index (χ4n) is 2.75. The van der Waals surface area contributed by atoms with Gasteiger partial charge in [-0.1, -0.05) is 11.6 Å². The Labute approximate surface area is 157 Å². The van der Waals surface area contributed by atoms with Crippen LogP contribution in [0.15, 0.2) is 18.2 Å². The summed E-state index contributed by atoms with van der Waals surface area (Å²) in [6.07, 6.45) is 1.20. The molecule has 1 unspecified atom stereocenters. The molecular weight excluding hydrogens is 358 g/mol. The number of likely N-dealkylation sites (tertiary alicyclic amines) is 1. The van der Waals surface area contributed by atoms with E-state index in [1.165, 1.54) is 4.90 Å². The molecule has 2 rings (SSSR count). The average Bonchev–Trinajstić information content (AvgIpc) is 2.62. The van der Waals surface area contributed by atoms with Gasteiger partial charge in [-0.25, -0.2) is 4.79 Å². The molecule has 26 heavy (non-hydrogen) atoms. The van der Waals surface area contributed by atoms with E-state index in [1.54, 1.807) is 30.1 Å². The van der Waals surface area contributed by atoms with Gasteiger partial charge in [0, 0.05) is 31.7 Å². The van der Waals surface area contributed by atoms with Crippen LogP contribution in [-0.2, 0) is 4.79 Å². The van der Waals surface area contributed by atoms with E-state index in [1.807, 2.05) is 13.8 Å². The largest absolute Gasteiger partial charge is 0.481 e. The summed E-state index contributed by atoms with van der Waals surface area (Å²) < 4.78 is 0. The van der Waals surface area contributed by atoms with Crippen LogP contribution in [0, 0.1) is 5.92 Å². The van der Waals surface area contributed by atoms with Crippen LogP contribution in [0.25, 0.3) is 0 Å². The fourth-order valence-corrected chi connectivity index (χ4v) is 2.91. The number of rotatable bonds is 4. The van der Waals surface area contributed by atoms with Crippen molar-refractivity contribution >= 4 is 35.2 Å². The smallest absolute Gasteiger partial charge is 0.321 e. The number of carboxylic acid groups (broad SMARTS) is 1. The zero-order chi connectivity index (χ0) is 19.4. The summed E-state index contributed by atoms with van der Waals surface area (Å²) in [5.41, 5.74) is 0.750. The van der Waals surface area contributed by atoms with E-state index >= 15 is 0 Å². The van der Waals surface area contributed by atoms with Gasteiger partial charge in [0.25, 0.3) is 5.91 Å². The van der Waals surface area contributed by atoms with Crippen molar-refractivity contribution in [1.82, 2.24) is 9.80 Å². The normalized spacial score (nSPS) is 17.1. The van der Waals surface area contributed by atoms with E-state index in [2.05, 4.69) is 5.32 Å². The zero-order valence-electron chi connectivity index (χ0n) is 15.2. The van der Waals surface area contributed by atoms with Crippen LogP contribution < -0.4 is 5.32 Å². The number of carbonyl (C=O) groups is 3. The number of hydrogen-bond donors (Lipinski definition) is 2. The Hall–Kier alpha value is -2.28. The Balaban J connectivity index is 2.13. The van der Waals surface area contributed by atoms with Gasteiger partial charge in [-0.3, -0.25) is 9.59 Å². The first-order chi connectivity index (χ1) is 12.2. The van der Waals surface area contributed by atoms with Crippen molar-refractivity contribution in [3.05, 3.63) is 28.8 Å². The molecule has 0 saturated carbocycles. The summed E-state index contributed by atoms with van der Waals surface area (Å²) in [5.74, 6) is -1.63. The molecule has 1 aliphatic rings. The number of benzene rings is 1. The number of halogens is 1. The molecule has 0 radical (unpaired) electrons. The molecule has 8 heteroatoms. The van der Waals surface area contributed by atoms with Gasteiger partial charge in [0.1, 0.15) is 0 Å². The molecule has 1 atom stereocenters. The van der Waals surface area contributed by atoms with Gasteiger partial charge in [0.2, 0.25) is 0 Å². The van der Waals surface area contributed by atoms with E-state index in [0.29, 0.717) is 35.7 Å². The van der Waals surface area contributed by atoms with Crippen molar-refractivity contribution in [2.45, 2.75) is 32.7 Å². The molecule has 1 aromatic rings. The molecule has 7 nitrogen and oxygen atoms in total. The maximum absolute atomic E-state index is 12.5. The molecule has 0 bridgehead atoms. The van der Waals surface area contributed by atoms with Crippen molar-refractivity contribution in [2.24, 2.45) is 5.92 Å². The van der Waals surface area contributed by atoms with E-state index in [4.69, 9.17) is 16.7 Å². The molecule has 1 aliphatic heterocycles. The third kappa shape index (κ3) is 4.66. The lowest BCUT2D eigenvalue weighted by molar-refractivity contribution is -0.143. The van der Waals surface area contributed by atoms with Crippen molar-refractivity contribution in [1.29, 1.82) is 0 Å². The van der Waals surface area contributed by atoms with Gasteiger partial charge in [-0.2, -0.15) is 0 Å². The highest BCUT2D eigenvalue weighted by Gasteiger charge is 2.28. The highest BCUT2D eigenvalue weighted by atomic mass is 35.5. The van der Waals surface area contributed by atoms with Gasteiger partial charge >= 0.3 is 12.0 Å². The molecule has 2 N–H and O–H groups in total. The highest BCUT2D eigenvalue weighted by molar-refractivity contribution is 6.33. The molecule has 3 amide bonds. The first-order valence-corrected chi connectivity index (χ1v) is 8.94. The Morgan fingerprint density at radius 1 is 1.35 bits per heavy atom. The zero-order valence-corrected chi connectivity index (χ0v) is 15.9. The van der Waals surface area contributed by atoms with Gasteiger partial charge in [0.15, 0.2) is 0 Å². The first-order valence-electron chi connectivity index (χ1n) is 8.56. The van der Waals surface area contributed by atoms with Crippen LogP contribution in [0.5, 0.6) is 0 Å². The van der Waals surface area contributed by atoms with Gasteiger partial charge in [-0.05, 0) is 44.9 Å². The van der Waals surface area contributed by atoms with E-state index < -0.39 is 17.9 Å². The monoisotopic (exact) mass is 381 g/mol. The minimum Gasteiger partial charge on any atom is -0.481 e. The summed E-state index contributed by atoms with van der Waals surface area (Å²) in [6.45, 7) is 4.47. The number of carboxylic acids is 1. The SMILES string of the molecule is CC(C)N(C)C(=O)c1ccc(Cl)c(NC(=O)N2CCCC(C(=O)O)C2)c1. The summed E-state index contributed by atoms with van der Waals surface area (Å²) in [5, 5.41) is 12.2. The summed E-state index contributed by atoms with van der Waals surface area (Å²) in [7, 11) is 1.71. The second-order valence-electron chi connectivity index (χ2n) is 6.76. The number of carbonyl (C=O) groups excluding carboxylic acids is 2. The van der Waals surface area contributed by atoms with Gasteiger partial charge in [0.05, 0.1) is 16.6 Å². The molecule has 1 heterocycles. The second kappa shape index (κ2) is 8.40. The van der Waals surface area contributed by atoms with E-state index in [9.17, 15) is 14.4 Å². The molecule has 1 fully saturated rings. The molecular formula is C18H24ClN3O4. The van der Waals surface area contributed by atoms with Crippen molar-refractivity contribution in [3.63, 3.8) is 0 Å². The van der Waals surface area contributed by atoms with Crippen LogP contribution >= 0.6 is 11.6 Å². The molecule has 0 aromatic heterocycles. The predicted molar refractivity (Wildman–Crippen MR) is 99.6 cm³/mol. The number of urea groups is 1. The molecule has 1 saturated heterocycles. The first kappa shape index (κ1) is 20.0.